The van der Waals surface area contributed by atoms with Crippen LogP contribution in [0.3, 0.4) is 0 Å². The molecule has 0 saturated carbocycles. The minimum atomic E-state index is -2.23. The summed E-state index contributed by atoms with van der Waals surface area (Å²) in [6.45, 7) is -0.231. The number of phenolic OH excluding ortho intramolecular Hbond substituents is 1. The van der Waals surface area contributed by atoms with E-state index in [0.29, 0.717) is 32.7 Å². The molecule has 1 N–H and O–H groups in total. The van der Waals surface area contributed by atoms with Crippen molar-refractivity contribution < 1.29 is 62.1 Å². The molecule has 4 aromatic rings. The first-order valence-electron chi connectivity index (χ1n) is 18.2. The average molecular weight is 995 g/mol. The molecule has 2 aliphatic rings. The van der Waals surface area contributed by atoms with E-state index >= 15 is 0 Å². The van der Waals surface area contributed by atoms with Crippen molar-refractivity contribution in [2.24, 2.45) is 0 Å². The number of benzene rings is 4. The molecular weight excluding hydrogens is 962 g/mol. The molecular formula is C39H33FN2O14P2S5. The van der Waals surface area contributed by atoms with Crippen LogP contribution < -0.4 is 15.3 Å². The lowest BCUT2D eigenvalue weighted by molar-refractivity contribution is -0.789. The van der Waals surface area contributed by atoms with Gasteiger partial charge in [0, 0.05) is 32.6 Å². The van der Waals surface area contributed by atoms with Gasteiger partial charge in [-0.15, -0.1) is 20.2 Å². The number of esters is 3. The summed E-state index contributed by atoms with van der Waals surface area (Å²) in [7, 11) is -1.20. The van der Waals surface area contributed by atoms with E-state index in [-0.39, 0.29) is 11.5 Å². The molecule has 16 nitrogen and oxygen atoms in total. The van der Waals surface area contributed by atoms with Crippen molar-refractivity contribution in [1.29, 1.82) is 0 Å². The molecule has 4 aromatic carbocycles. The van der Waals surface area contributed by atoms with Crippen LogP contribution in [0.25, 0.3) is 17.2 Å². The van der Waals surface area contributed by atoms with E-state index in [9.17, 15) is 48.3 Å². The lowest BCUT2D eigenvalue weighted by Crippen LogP contribution is -2.37. The highest BCUT2D eigenvalue weighted by atomic mass is 33.7. The molecule has 1 aliphatic heterocycles. The third-order valence-corrected chi connectivity index (χ3v) is 41.4. The molecule has 0 amide bonds. The van der Waals surface area contributed by atoms with Gasteiger partial charge in [0.2, 0.25) is 6.10 Å². The second-order valence-corrected chi connectivity index (χ2v) is 36.1. The number of phenols is 1. The van der Waals surface area contributed by atoms with Crippen molar-refractivity contribution >= 4 is 111 Å². The van der Waals surface area contributed by atoms with Gasteiger partial charge in [0.25, 0.3) is 10.2 Å². The van der Waals surface area contributed by atoms with E-state index in [0.717, 1.165) is 16.2 Å². The number of fused-ring (bicyclic) bond motifs is 1. The molecule has 3 atom stereocenters. The number of hydrogen-bond donors (Lipinski definition) is 1. The summed E-state index contributed by atoms with van der Waals surface area (Å²) in [5.41, 5.74) is 3.39. The number of halogens is 1. The third kappa shape index (κ3) is 12.0. The number of carbonyl (C=O) groups excluding carboxylic acids is 3. The van der Waals surface area contributed by atoms with Crippen molar-refractivity contribution in [1.82, 2.24) is 0 Å². The number of carbonyl (C=O) groups is 3. The van der Waals surface area contributed by atoms with E-state index in [2.05, 4.69) is 9.68 Å². The van der Waals surface area contributed by atoms with Crippen LogP contribution in [0.5, 0.6) is 11.5 Å². The van der Waals surface area contributed by atoms with Gasteiger partial charge in [-0.1, -0.05) is 63.8 Å². The Morgan fingerprint density at radius 3 is 2.08 bits per heavy atom. The predicted molar refractivity (Wildman–Crippen MR) is 244 cm³/mol. The summed E-state index contributed by atoms with van der Waals surface area (Å²) in [4.78, 5) is 70.7. The second-order valence-electron chi connectivity index (χ2n) is 13.5. The molecule has 3 unspecified atom stereocenters. The molecule has 0 aromatic heterocycles. The molecule has 0 spiro atoms. The highest BCUT2D eigenvalue weighted by Crippen LogP contribution is 3.04. The number of aromatic hydroxyl groups is 1. The highest BCUT2D eigenvalue weighted by Gasteiger charge is 2.46. The fraction of sp³-hybridized carbons (Fsp3) is 0.205. The van der Waals surface area contributed by atoms with Crippen LogP contribution in [0.1, 0.15) is 36.5 Å². The molecule has 63 heavy (non-hydrogen) atoms. The van der Waals surface area contributed by atoms with Crippen molar-refractivity contribution in [3.05, 3.63) is 139 Å². The molecule has 0 bridgehead atoms. The lowest BCUT2D eigenvalue weighted by atomic mass is 10.0. The number of rotatable bonds is 18. The van der Waals surface area contributed by atoms with Gasteiger partial charge in [0.05, 0.1) is 21.7 Å². The maximum absolute atomic E-state index is 14.6. The van der Waals surface area contributed by atoms with Gasteiger partial charge in [-0.2, -0.15) is 0 Å². The van der Waals surface area contributed by atoms with Gasteiger partial charge < -0.3 is 29.0 Å². The van der Waals surface area contributed by atoms with Crippen LogP contribution in [0.2, 0.25) is 0 Å². The average Bonchev–Trinajstić information content (AvgIpc) is 3.46. The Hall–Kier alpha value is -4.95. The van der Waals surface area contributed by atoms with E-state index in [1.54, 1.807) is 102 Å². The molecule has 0 radical (unpaired) electrons. The summed E-state index contributed by atoms with van der Waals surface area (Å²) < 4.78 is 38.5. The van der Waals surface area contributed by atoms with Gasteiger partial charge in [0.15, 0.2) is 0 Å². The van der Waals surface area contributed by atoms with E-state index in [1.165, 1.54) is 24.3 Å². The molecule has 1 heterocycles. The zero-order chi connectivity index (χ0) is 45.6. The first-order chi connectivity index (χ1) is 29.8. The summed E-state index contributed by atoms with van der Waals surface area (Å²) in [6, 6.07) is 24.1. The minimum Gasteiger partial charge on any atom is -0.508 e. The zero-order valence-corrected chi connectivity index (χ0v) is 38.6. The van der Waals surface area contributed by atoms with E-state index < -0.39 is 91.8 Å². The number of ether oxygens (including phenoxy) is 3. The Morgan fingerprint density at radius 2 is 1.49 bits per heavy atom. The number of nitrogens with zero attached hydrogens (tertiary/aromatic N) is 2. The van der Waals surface area contributed by atoms with E-state index in [4.69, 9.17) is 37.8 Å². The van der Waals surface area contributed by atoms with Gasteiger partial charge in [0.1, 0.15) is 36.6 Å². The third-order valence-electron chi connectivity index (χ3n) is 9.19. The van der Waals surface area contributed by atoms with Crippen LogP contribution in [0.15, 0.2) is 101 Å². The normalized spacial score (nSPS) is 19.8. The molecule has 1 saturated heterocycles. The monoisotopic (exact) mass is 994 g/mol. The van der Waals surface area contributed by atoms with Gasteiger partial charge in [-0.25, -0.2) is 9.18 Å². The van der Waals surface area contributed by atoms with Crippen LogP contribution in [0.4, 0.5) is 4.39 Å². The SMILES string of the molecule is CC1=C(CC(=O)OC(COC(=O)CC(CO[N+](=O)[O-])O[N+](=O)[O-])C(=O)Oc2ccc(P3(=S)SP(=S)(c4ccc(O)cc4)S3)cc2)c2cc(F)ccc2C1=Cc1ccc(S(C)=O)cc1. The van der Waals surface area contributed by atoms with Crippen molar-refractivity contribution in [3.8, 4) is 11.5 Å². The first kappa shape index (κ1) is 47.5. The molecule has 24 heteroatoms. The summed E-state index contributed by atoms with van der Waals surface area (Å²) in [5.74, 6) is -3.87. The fourth-order valence-electron chi connectivity index (χ4n) is 6.20. The maximum Gasteiger partial charge on any atom is 0.356 e. The topological polar surface area (TPSA) is 221 Å². The Morgan fingerprint density at radius 1 is 0.873 bits per heavy atom. The van der Waals surface area contributed by atoms with Gasteiger partial charge in [-0.3, -0.25) is 13.8 Å². The van der Waals surface area contributed by atoms with Crippen molar-refractivity contribution in [2.45, 2.75) is 36.9 Å². The van der Waals surface area contributed by atoms with Crippen LogP contribution in [0, 0.1) is 26.0 Å². The quantitative estimate of drug-likeness (QED) is 0.0340. The summed E-state index contributed by atoms with van der Waals surface area (Å²) in [6.07, 6.45) is -1.71. The Labute approximate surface area is 378 Å². The highest BCUT2D eigenvalue weighted by molar-refractivity contribution is 9.48. The van der Waals surface area contributed by atoms with Crippen molar-refractivity contribution in [3.63, 3.8) is 0 Å². The van der Waals surface area contributed by atoms with Gasteiger partial charge >= 0.3 is 17.9 Å². The predicted octanol–water partition coefficient (Wildman–Crippen LogP) is 7.27. The van der Waals surface area contributed by atoms with Crippen LogP contribution >= 0.6 is 30.9 Å². The van der Waals surface area contributed by atoms with Gasteiger partial charge in [-0.05, 0) is 119 Å². The Kier molecular flexibility index (Phi) is 15.3. The summed E-state index contributed by atoms with van der Waals surface area (Å²) >= 11 is 15.0. The molecule has 1 fully saturated rings. The first-order valence-corrected chi connectivity index (χ1v) is 29.4. The Balaban J connectivity index is 1.20. The zero-order valence-electron chi connectivity index (χ0n) is 32.7. The molecule has 330 valence electrons. The van der Waals surface area contributed by atoms with Crippen molar-refractivity contribution in [2.75, 3.05) is 19.5 Å². The van der Waals surface area contributed by atoms with Crippen LogP contribution in [-0.4, -0.2) is 69.1 Å². The Bertz CT molecular complexity index is 2650. The molecule has 1 aliphatic carbocycles. The van der Waals surface area contributed by atoms with Crippen LogP contribution in [-0.2, 0) is 67.9 Å². The van der Waals surface area contributed by atoms with E-state index in [1.807, 2.05) is 6.08 Å². The number of allylic oxidation sites excluding steroid dienone is 2. The summed E-state index contributed by atoms with van der Waals surface area (Å²) in [5, 5.41) is 30.4. The minimum absolute atomic E-state index is 0.00864. The number of hydrogen-bond acceptors (Lipinski definition) is 18. The standard InChI is InChI=1S/C39H33FN2O14P2S5/c1-23-33(17-24-3-14-31(15-4-24)63(2)51)32-16-5-25(40)18-35(32)34(23)20-38(45)55-36(22-52-37(44)19-28(56-42(49)50)21-53-41(47)48)39(46)54-27-8-12-30(13-9-27)58(60)61-57(59,62-58)29-10-6-26(43)7-11-29/h3-18,28,36,43H,19-22H2,1-2H3. The smallest absolute Gasteiger partial charge is 0.356 e. The lowest BCUT2D eigenvalue weighted by Gasteiger charge is -2.40. The second kappa shape index (κ2) is 20.3. The fourth-order valence-corrected chi connectivity index (χ4v) is 49.0. The maximum atomic E-state index is 14.6. The largest absolute Gasteiger partial charge is 0.508 e. The molecule has 6 rings (SSSR count).